The molecule has 0 bridgehead atoms. The molecule has 108 valence electrons. The molecule has 2 aromatic rings. The number of hydrogen-bond donors (Lipinski definition) is 0. The fraction of sp³-hybridized carbons (Fsp3) is 0.278. The van der Waals surface area contributed by atoms with Crippen LogP contribution in [0.5, 0.6) is 0 Å². The van der Waals surface area contributed by atoms with Crippen LogP contribution < -0.4 is 0 Å². The molecule has 3 rings (SSSR count). The van der Waals surface area contributed by atoms with Gasteiger partial charge in [-0.1, -0.05) is 46.3 Å². The molecule has 21 heavy (non-hydrogen) atoms. The number of aliphatic imine (C=N–C) groups is 1. The molecule has 0 amide bonds. The standard InChI is InChI=1S/C18H19BrN2/c19-16-9-11-17(12-10-16)20-18(15-7-3-1-4-8-15)21-13-5-2-6-14-21/h1,3-4,7-12H,2,5-6,13-14H2. The molecule has 1 saturated heterocycles. The molecule has 2 aromatic carbocycles. The van der Waals surface area contributed by atoms with E-state index in [1.807, 2.05) is 12.1 Å². The highest BCUT2D eigenvalue weighted by molar-refractivity contribution is 9.10. The van der Waals surface area contributed by atoms with Crippen molar-refractivity contribution in [1.82, 2.24) is 4.90 Å². The summed E-state index contributed by atoms with van der Waals surface area (Å²) in [5.41, 5.74) is 2.20. The van der Waals surface area contributed by atoms with Gasteiger partial charge in [-0.2, -0.15) is 0 Å². The molecule has 0 saturated carbocycles. The van der Waals surface area contributed by atoms with E-state index < -0.39 is 0 Å². The first-order chi connectivity index (χ1) is 10.3. The minimum atomic E-state index is 1.00. The summed E-state index contributed by atoms with van der Waals surface area (Å²) in [4.78, 5) is 7.33. The second-order valence-corrected chi connectivity index (χ2v) is 6.24. The Balaban J connectivity index is 1.96. The Morgan fingerprint density at radius 3 is 2.19 bits per heavy atom. The molecule has 0 N–H and O–H groups in total. The smallest absolute Gasteiger partial charge is 0.136 e. The van der Waals surface area contributed by atoms with E-state index >= 15 is 0 Å². The minimum Gasteiger partial charge on any atom is -0.356 e. The summed E-state index contributed by atoms with van der Waals surface area (Å²) in [5, 5.41) is 0. The van der Waals surface area contributed by atoms with Crippen LogP contribution >= 0.6 is 15.9 Å². The van der Waals surface area contributed by atoms with E-state index in [0.29, 0.717) is 0 Å². The highest BCUT2D eigenvalue weighted by atomic mass is 79.9. The van der Waals surface area contributed by atoms with E-state index in [9.17, 15) is 0 Å². The van der Waals surface area contributed by atoms with Crippen LogP contribution in [0.15, 0.2) is 64.1 Å². The van der Waals surface area contributed by atoms with Crippen LogP contribution in [0.4, 0.5) is 5.69 Å². The van der Waals surface area contributed by atoms with E-state index in [4.69, 9.17) is 4.99 Å². The SMILES string of the molecule is Brc1ccc(N=C(c2ccccc2)N2CCCCC2)cc1. The van der Waals surface area contributed by atoms with Crippen LogP contribution in [0.3, 0.4) is 0 Å². The largest absolute Gasteiger partial charge is 0.356 e. The number of halogens is 1. The van der Waals surface area contributed by atoms with Crippen LogP contribution in [0, 0.1) is 0 Å². The summed E-state index contributed by atoms with van der Waals surface area (Å²) in [5.74, 6) is 1.10. The van der Waals surface area contributed by atoms with Gasteiger partial charge in [0.1, 0.15) is 5.84 Å². The Kier molecular flexibility index (Phi) is 4.71. The number of piperidine rings is 1. The van der Waals surface area contributed by atoms with Gasteiger partial charge in [-0.15, -0.1) is 0 Å². The van der Waals surface area contributed by atoms with Crippen molar-refractivity contribution < 1.29 is 0 Å². The fourth-order valence-corrected chi connectivity index (χ4v) is 2.91. The monoisotopic (exact) mass is 342 g/mol. The molecule has 0 unspecified atom stereocenters. The third kappa shape index (κ3) is 3.73. The second kappa shape index (κ2) is 6.90. The van der Waals surface area contributed by atoms with Gasteiger partial charge in [-0.3, -0.25) is 0 Å². The van der Waals surface area contributed by atoms with Crippen molar-refractivity contribution in [3.63, 3.8) is 0 Å². The predicted molar refractivity (Wildman–Crippen MR) is 92.2 cm³/mol. The van der Waals surface area contributed by atoms with Gasteiger partial charge in [0.25, 0.3) is 0 Å². The van der Waals surface area contributed by atoms with Gasteiger partial charge in [-0.05, 0) is 43.5 Å². The summed E-state index contributed by atoms with van der Waals surface area (Å²) >= 11 is 3.47. The van der Waals surface area contributed by atoms with Crippen molar-refractivity contribution in [3.05, 3.63) is 64.6 Å². The summed E-state index contributed by atoms with van der Waals surface area (Å²) in [6.07, 6.45) is 3.84. The van der Waals surface area contributed by atoms with Gasteiger partial charge in [0.15, 0.2) is 0 Å². The first-order valence-corrected chi connectivity index (χ1v) is 8.27. The van der Waals surface area contributed by atoms with Crippen LogP contribution in [0.2, 0.25) is 0 Å². The maximum Gasteiger partial charge on any atom is 0.136 e. The summed E-state index contributed by atoms with van der Waals surface area (Å²) < 4.78 is 1.08. The predicted octanol–water partition coefficient (Wildman–Crippen LogP) is 5.01. The zero-order valence-electron chi connectivity index (χ0n) is 12.0. The lowest BCUT2D eigenvalue weighted by atomic mass is 10.1. The number of rotatable bonds is 2. The number of hydrogen-bond acceptors (Lipinski definition) is 1. The van der Waals surface area contributed by atoms with E-state index in [0.717, 1.165) is 29.1 Å². The molecule has 2 nitrogen and oxygen atoms in total. The summed E-state index contributed by atoms with van der Waals surface area (Å²) in [6.45, 7) is 2.20. The molecular weight excluding hydrogens is 324 g/mol. The first-order valence-electron chi connectivity index (χ1n) is 7.47. The van der Waals surface area contributed by atoms with Crippen molar-refractivity contribution in [2.45, 2.75) is 19.3 Å². The molecule has 0 atom stereocenters. The third-order valence-electron chi connectivity index (χ3n) is 3.75. The van der Waals surface area contributed by atoms with Crippen molar-refractivity contribution in [1.29, 1.82) is 0 Å². The van der Waals surface area contributed by atoms with E-state index in [2.05, 4.69) is 63.3 Å². The van der Waals surface area contributed by atoms with Crippen molar-refractivity contribution in [3.8, 4) is 0 Å². The normalized spacial score (nSPS) is 16.0. The molecule has 1 fully saturated rings. The lowest BCUT2D eigenvalue weighted by molar-refractivity contribution is 0.343. The first kappa shape index (κ1) is 14.3. The Labute approximate surface area is 134 Å². The summed E-state index contributed by atoms with van der Waals surface area (Å²) in [6, 6.07) is 18.7. The number of amidine groups is 1. The van der Waals surface area contributed by atoms with Gasteiger partial charge in [-0.25, -0.2) is 4.99 Å². The highest BCUT2D eigenvalue weighted by Crippen LogP contribution is 2.21. The van der Waals surface area contributed by atoms with Crippen LogP contribution in [0.1, 0.15) is 24.8 Å². The third-order valence-corrected chi connectivity index (χ3v) is 4.28. The zero-order chi connectivity index (χ0) is 14.5. The van der Waals surface area contributed by atoms with Gasteiger partial charge in [0, 0.05) is 23.1 Å². The van der Waals surface area contributed by atoms with Crippen molar-refractivity contribution in [2.24, 2.45) is 4.99 Å². The lowest BCUT2D eigenvalue weighted by Gasteiger charge is -2.30. The van der Waals surface area contributed by atoms with E-state index in [1.54, 1.807) is 0 Å². The number of likely N-dealkylation sites (tertiary alicyclic amines) is 1. The number of benzene rings is 2. The minimum absolute atomic E-state index is 1.00. The molecular formula is C18H19BrN2. The average Bonchev–Trinajstić information content (AvgIpc) is 2.56. The van der Waals surface area contributed by atoms with Gasteiger partial charge < -0.3 is 4.90 Å². The van der Waals surface area contributed by atoms with Gasteiger partial charge >= 0.3 is 0 Å². The van der Waals surface area contributed by atoms with E-state index in [1.165, 1.54) is 24.8 Å². The maximum atomic E-state index is 4.92. The molecule has 1 aliphatic heterocycles. The molecule has 0 radical (unpaired) electrons. The lowest BCUT2D eigenvalue weighted by Crippen LogP contribution is -2.36. The molecule has 0 aromatic heterocycles. The Morgan fingerprint density at radius 1 is 0.857 bits per heavy atom. The molecule has 0 spiro atoms. The number of nitrogens with zero attached hydrogens (tertiary/aromatic N) is 2. The zero-order valence-corrected chi connectivity index (χ0v) is 13.6. The summed E-state index contributed by atoms with van der Waals surface area (Å²) in [7, 11) is 0. The van der Waals surface area contributed by atoms with Crippen LogP contribution in [0.25, 0.3) is 0 Å². The molecule has 0 aliphatic carbocycles. The Morgan fingerprint density at radius 2 is 1.52 bits per heavy atom. The fourth-order valence-electron chi connectivity index (χ4n) is 2.65. The molecule has 1 heterocycles. The van der Waals surface area contributed by atoms with Gasteiger partial charge in [0.2, 0.25) is 0 Å². The molecule has 1 aliphatic rings. The van der Waals surface area contributed by atoms with Crippen molar-refractivity contribution in [2.75, 3.05) is 13.1 Å². The van der Waals surface area contributed by atoms with E-state index in [-0.39, 0.29) is 0 Å². The van der Waals surface area contributed by atoms with Crippen LogP contribution in [-0.2, 0) is 0 Å². The van der Waals surface area contributed by atoms with Gasteiger partial charge in [0.05, 0.1) is 5.69 Å². The topological polar surface area (TPSA) is 15.6 Å². The van der Waals surface area contributed by atoms with Crippen LogP contribution in [-0.4, -0.2) is 23.8 Å². The second-order valence-electron chi connectivity index (χ2n) is 5.33. The molecule has 3 heteroatoms. The Bertz CT molecular complexity index is 599. The highest BCUT2D eigenvalue weighted by Gasteiger charge is 2.16. The average molecular weight is 343 g/mol. The Hall–Kier alpha value is -1.61. The van der Waals surface area contributed by atoms with Crippen molar-refractivity contribution >= 4 is 27.5 Å². The maximum absolute atomic E-state index is 4.92. The quantitative estimate of drug-likeness (QED) is 0.553.